The molecular weight excluding hydrogens is 514 g/mol. The summed E-state index contributed by atoms with van der Waals surface area (Å²) in [5.74, 6) is -1.50. The Labute approximate surface area is 226 Å². The molecule has 38 heavy (non-hydrogen) atoms. The zero-order chi connectivity index (χ0) is 25.8. The van der Waals surface area contributed by atoms with Crippen molar-refractivity contribution in [2.24, 2.45) is 5.92 Å². The van der Waals surface area contributed by atoms with E-state index in [1.165, 1.54) is 28.7 Å². The molecule has 2 amide bonds. The predicted octanol–water partition coefficient (Wildman–Crippen LogP) is 4.84. The average Bonchev–Trinajstić information content (AvgIpc) is 3.55. The standard InChI is InChI=1S/C30H23N3O3S2/c34-27-24-23(21-17-32(15-18-9-3-1-4-10-18)22-14-8-7-13-20(21)22)26-29(37-25(24)28(35)31-27)33(30(36)38-26)16-19-11-5-2-6-12-19/h1-14,17,23-25H,15-16H2,(H,31,34,35)/t23-,24-,25+/m0/s1. The summed E-state index contributed by atoms with van der Waals surface area (Å²) in [5.41, 5.74) is 4.22. The van der Waals surface area contributed by atoms with Crippen molar-refractivity contribution >= 4 is 45.8 Å². The highest BCUT2D eigenvalue weighted by Crippen LogP contribution is 2.53. The molecule has 2 aliphatic rings. The summed E-state index contributed by atoms with van der Waals surface area (Å²) in [6.07, 6.45) is 2.11. The number of benzene rings is 3. The Morgan fingerprint density at radius 3 is 2.16 bits per heavy atom. The number of aromatic nitrogens is 2. The number of fused-ring (bicyclic) bond motifs is 3. The van der Waals surface area contributed by atoms with E-state index < -0.39 is 11.2 Å². The van der Waals surface area contributed by atoms with Gasteiger partial charge in [-0.05, 0) is 22.8 Å². The molecule has 0 radical (unpaired) electrons. The molecule has 188 valence electrons. The molecule has 5 aromatic rings. The van der Waals surface area contributed by atoms with E-state index in [9.17, 15) is 14.4 Å². The molecule has 8 heteroatoms. The van der Waals surface area contributed by atoms with Crippen molar-refractivity contribution in [2.45, 2.75) is 29.3 Å². The van der Waals surface area contributed by atoms with E-state index >= 15 is 0 Å². The Bertz CT molecular complexity index is 1750. The molecule has 0 unspecified atom stereocenters. The SMILES string of the molecule is O=C1NC(=O)[C@@H]2Sc3c(sc(=O)n3Cc3ccccc3)[C@@H](c3cn(Cc4ccccc4)c4ccccc34)[C@H]12. The summed E-state index contributed by atoms with van der Waals surface area (Å²) in [5, 5.41) is 3.82. The molecule has 3 atom stereocenters. The minimum absolute atomic E-state index is 0.0720. The number of carbonyl (C=O) groups excluding carboxylic acids is 2. The van der Waals surface area contributed by atoms with Crippen LogP contribution in [-0.2, 0) is 22.7 Å². The number of amides is 2. The first-order valence-electron chi connectivity index (χ1n) is 12.5. The molecule has 1 N–H and O–H groups in total. The van der Waals surface area contributed by atoms with Crippen LogP contribution < -0.4 is 10.2 Å². The summed E-state index contributed by atoms with van der Waals surface area (Å²) in [7, 11) is 0. The zero-order valence-electron chi connectivity index (χ0n) is 20.2. The lowest BCUT2D eigenvalue weighted by atomic mass is 9.83. The molecule has 0 bridgehead atoms. The van der Waals surface area contributed by atoms with Gasteiger partial charge in [-0.1, -0.05) is 102 Å². The molecule has 0 spiro atoms. The number of nitrogens with one attached hydrogen (secondary N) is 1. The Morgan fingerprint density at radius 1 is 0.763 bits per heavy atom. The molecule has 0 aliphatic carbocycles. The molecule has 2 aliphatic heterocycles. The number of hydrogen-bond acceptors (Lipinski definition) is 5. The van der Waals surface area contributed by atoms with Crippen molar-refractivity contribution < 1.29 is 9.59 Å². The minimum atomic E-state index is -0.577. The molecule has 6 nitrogen and oxygen atoms in total. The number of imide groups is 1. The number of rotatable bonds is 5. The normalized spacial score (nSPS) is 20.4. The van der Waals surface area contributed by atoms with Crippen LogP contribution in [0.5, 0.6) is 0 Å². The molecule has 0 saturated carbocycles. The molecule has 3 aromatic carbocycles. The van der Waals surface area contributed by atoms with Gasteiger partial charge >= 0.3 is 4.87 Å². The summed E-state index contributed by atoms with van der Waals surface area (Å²) in [6.45, 7) is 1.11. The van der Waals surface area contributed by atoms with E-state index in [0.717, 1.165) is 31.9 Å². The van der Waals surface area contributed by atoms with E-state index in [2.05, 4.69) is 40.3 Å². The van der Waals surface area contributed by atoms with Gasteiger partial charge in [0.1, 0.15) is 5.25 Å². The second kappa shape index (κ2) is 9.15. The van der Waals surface area contributed by atoms with E-state index in [0.29, 0.717) is 13.1 Å². The lowest BCUT2D eigenvalue weighted by Gasteiger charge is -2.30. The van der Waals surface area contributed by atoms with E-state index in [-0.39, 0.29) is 22.6 Å². The van der Waals surface area contributed by atoms with Crippen LogP contribution in [0.1, 0.15) is 27.5 Å². The van der Waals surface area contributed by atoms with Crippen molar-refractivity contribution in [1.82, 2.24) is 14.5 Å². The Morgan fingerprint density at radius 2 is 1.42 bits per heavy atom. The smallest absolute Gasteiger partial charge is 0.308 e. The second-order valence-electron chi connectivity index (χ2n) is 9.72. The van der Waals surface area contributed by atoms with E-state index in [1.54, 1.807) is 4.57 Å². The van der Waals surface area contributed by atoms with Gasteiger partial charge in [0.25, 0.3) is 0 Å². The monoisotopic (exact) mass is 537 g/mol. The van der Waals surface area contributed by atoms with Gasteiger partial charge in [-0.2, -0.15) is 0 Å². The number of hydrogen-bond donors (Lipinski definition) is 1. The molecule has 2 aromatic heterocycles. The van der Waals surface area contributed by atoms with Crippen molar-refractivity contribution in [1.29, 1.82) is 0 Å². The first kappa shape index (κ1) is 23.3. The Balaban J connectivity index is 1.41. The zero-order valence-corrected chi connectivity index (χ0v) is 21.9. The summed E-state index contributed by atoms with van der Waals surface area (Å²) < 4.78 is 3.97. The van der Waals surface area contributed by atoms with Crippen LogP contribution in [0.15, 0.2) is 101 Å². The van der Waals surface area contributed by atoms with Crippen LogP contribution in [0.25, 0.3) is 10.9 Å². The number of carbonyl (C=O) groups is 2. The van der Waals surface area contributed by atoms with Crippen LogP contribution in [0.3, 0.4) is 0 Å². The largest absolute Gasteiger partial charge is 0.343 e. The van der Waals surface area contributed by atoms with Gasteiger partial charge < -0.3 is 4.57 Å². The Hall–Kier alpha value is -3.88. The molecular formula is C30H23N3O3S2. The Kier molecular flexibility index (Phi) is 5.60. The van der Waals surface area contributed by atoms with E-state index in [1.807, 2.05) is 60.7 Å². The maximum absolute atomic E-state index is 13.4. The fourth-order valence-electron chi connectivity index (χ4n) is 5.71. The fourth-order valence-corrected chi connectivity index (χ4v) is 8.44. The lowest BCUT2D eigenvalue weighted by Crippen LogP contribution is -2.32. The highest BCUT2D eigenvalue weighted by atomic mass is 32.2. The average molecular weight is 538 g/mol. The summed E-state index contributed by atoms with van der Waals surface area (Å²) in [6, 6.07) is 28.3. The van der Waals surface area contributed by atoms with Gasteiger partial charge in [-0.15, -0.1) is 0 Å². The van der Waals surface area contributed by atoms with Gasteiger partial charge in [-0.25, -0.2) is 0 Å². The predicted molar refractivity (Wildman–Crippen MR) is 150 cm³/mol. The summed E-state index contributed by atoms with van der Waals surface area (Å²) in [4.78, 5) is 40.3. The number of thioether (sulfide) groups is 1. The third kappa shape index (κ3) is 3.75. The van der Waals surface area contributed by atoms with Gasteiger partial charge in [-0.3, -0.25) is 24.3 Å². The van der Waals surface area contributed by atoms with Crippen LogP contribution in [0.4, 0.5) is 0 Å². The molecule has 7 rings (SSSR count). The lowest BCUT2D eigenvalue weighted by molar-refractivity contribution is -0.125. The highest BCUT2D eigenvalue weighted by molar-refractivity contribution is 8.00. The first-order chi connectivity index (χ1) is 18.6. The molecule has 1 fully saturated rings. The first-order valence-corrected chi connectivity index (χ1v) is 14.2. The van der Waals surface area contributed by atoms with Gasteiger partial charge in [0.05, 0.1) is 17.5 Å². The topological polar surface area (TPSA) is 73.1 Å². The van der Waals surface area contributed by atoms with Crippen molar-refractivity contribution in [3.05, 3.63) is 122 Å². The fraction of sp³-hybridized carbons (Fsp3) is 0.167. The number of para-hydroxylation sites is 1. The van der Waals surface area contributed by atoms with Crippen LogP contribution in [0, 0.1) is 5.92 Å². The van der Waals surface area contributed by atoms with Crippen molar-refractivity contribution in [3.8, 4) is 0 Å². The number of thiazole rings is 1. The quantitative estimate of drug-likeness (QED) is 0.326. The number of nitrogens with zero attached hydrogens (tertiary/aromatic N) is 2. The van der Waals surface area contributed by atoms with Gasteiger partial charge in [0.15, 0.2) is 0 Å². The van der Waals surface area contributed by atoms with Crippen molar-refractivity contribution in [3.63, 3.8) is 0 Å². The highest BCUT2D eigenvalue weighted by Gasteiger charge is 2.53. The van der Waals surface area contributed by atoms with Gasteiger partial charge in [0.2, 0.25) is 11.8 Å². The van der Waals surface area contributed by atoms with E-state index in [4.69, 9.17) is 0 Å². The van der Waals surface area contributed by atoms with Crippen LogP contribution in [-0.4, -0.2) is 26.2 Å². The van der Waals surface area contributed by atoms with Crippen molar-refractivity contribution in [2.75, 3.05) is 0 Å². The van der Waals surface area contributed by atoms with Crippen LogP contribution >= 0.6 is 23.1 Å². The molecule has 1 saturated heterocycles. The van der Waals surface area contributed by atoms with Gasteiger partial charge in [0, 0.05) is 34.4 Å². The second-order valence-corrected chi connectivity index (χ2v) is 11.8. The third-order valence-electron chi connectivity index (χ3n) is 7.42. The summed E-state index contributed by atoms with van der Waals surface area (Å²) >= 11 is 2.55. The van der Waals surface area contributed by atoms with Crippen LogP contribution in [0.2, 0.25) is 0 Å². The maximum atomic E-state index is 13.4. The minimum Gasteiger partial charge on any atom is -0.343 e. The maximum Gasteiger partial charge on any atom is 0.308 e. The molecule has 4 heterocycles. The third-order valence-corrected chi connectivity index (χ3v) is 10.0.